The number of thiol groups is 2. The highest BCUT2D eigenvalue weighted by Crippen LogP contribution is 2.34. The predicted octanol–water partition coefficient (Wildman–Crippen LogP) is 2.48. The van der Waals surface area contributed by atoms with E-state index in [1.807, 2.05) is 0 Å². The zero-order valence-corrected chi connectivity index (χ0v) is 16.7. The Morgan fingerprint density at radius 3 is 1.21 bits per heavy atom. The van der Waals surface area contributed by atoms with Gasteiger partial charge in [-0.15, -0.1) is 0 Å². The van der Waals surface area contributed by atoms with Crippen molar-refractivity contribution in [3.05, 3.63) is 0 Å². The summed E-state index contributed by atoms with van der Waals surface area (Å²) >= 11 is 7.50. The van der Waals surface area contributed by atoms with E-state index in [-0.39, 0.29) is 18.6 Å². The normalized spacial score (nSPS) is 16.8. The van der Waals surface area contributed by atoms with Crippen molar-refractivity contribution in [1.82, 2.24) is 0 Å². The van der Waals surface area contributed by atoms with Gasteiger partial charge in [0, 0.05) is 5.41 Å². The topological polar surface area (TPSA) is 115 Å². The Kier molecular flexibility index (Phi) is 12.1. The monoisotopic (exact) mass is 384 g/mol. The highest BCUT2D eigenvalue weighted by Gasteiger charge is 2.30. The Morgan fingerprint density at radius 2 is 1.08 bits per heavy atom. The number of aliphatic hydroxyl groups excluding tert-OH is 2. The van der Waals surface area contributed by atoms with Crippen molar-refractivity contribution in [2.45, 2.75) is 69.3 Å². The summed E-state index contributed by atoms with van der Waals surface area (Å²) in [6, 6.07) is 0. The maximum atomic E-state index is 9.94. The van der Waals surface area contributed by atoms with E-state index in [9.17, 15) is 9.59 Å². The molecule has 0 aromatic heterocycles. The summed E-state index contributed by atoms with van der Waals surface area (Å²) < 4.78 is -1.78. The predicted molar refractivity (Wildman–Crippen MR) is 101 cm³/mol. The molecule has 1 aliphatic carbocycles. The lowest BCUT2D eigenvalue weighted by atomic mass is 9.75. The highest BCUT2D eigenvalue weighted by molar-refractivity contribution is 7.82. The lowest BCUT2D eigenvalue weighted by molar-refractivity contribution is -0.139. The van der Waals surface area contributed by atoms with Gasteiger partial charge < -0.3 is 20.4 Å². The first-order valence-electron chi connectivity index (χ1n) is 7.85. The molecule has 0 aromatic rings. The molecule has 0 amide bonds. The first-order chi connectivity index (χ1) is 10.7. The lowest BCUT2D eigenvalue weighted by Gasteiger charge is -2.33. The number of carboxylic acids is 2. The maximum absolute atomic E-state index is 9.94. The molecule has 24 heavy (non-hydrogen) atoms. The molecular formula is C16H32O6S2. The number of rotatable bonds is 4. The molecule has 0 atom stereocenters. The average Bonchev–Trinajstić information content (AvgIpc) is 2.47. The van der Waals surface area contributed by atoms with Crippen LogP contribution in [0.15, 0.2) is 0 Å². The fraction of sp³-hybridized carbons (Fsp3) is 0.875. The minimum atomic E-state index is -0.893. The second kappa shape index (κ2) is 11.2. The fourth-order valence-corrected chi connectivity index (χ4v) is 1.67. The molecule has 8 heteroatoms. The molecule has 0 aliphatic heterocycles. The number of carboxylic acid groups (broad SMARTS) is 2. The Labute approximate surface area is 155 Å². The molecule has 6 nitrogen and oxygen atoms in total. The van der Waals surface area contributed by atoms with Crippen molar-refractivity contribution < 1.29 is 30.0 Å². The number of hydrogen-bond acceptors (Lipinski definition) is 6. The van der Waals surface area contributed by atoms with E-state index >= 15 is 0 Å². The third-order valence-electron chi connectivity index (χ3n) is 3.63. The van der Waals surface area contributed by atoms with Gasteiger partial charge >= 0.3 is 11.9 Å². The van der Waals surface area contributed by atoms with Crippen LogP contribution < -0.4 is 0 Å². The highest BCUT2D eigenvalue weighted by atomic mass is 32.1. The minimum Gasteiger partial charge on any atom is -0.480 e. The molecule has 0 unspecified atom stereocenters. The van der Waals surface area contributed by atoms with Crippen molar-refractivity contribution in [3.63, 3.8) is 0 Å². The molecule has 1 fully saturated rings. The van der Waals surface area contributed by atoms with Gasteiger partial charge in [0.1, 0.15) is 9.49 Å². The summed E-state index contributed by atoms with van der Waals surface area (Å²) in [7, 11) is 0. The molecule has 0 heterocycles. The summed E-state index contributed by atoms with van der Waals surface area (Å²) in [5.41, 5.74) is -0.127. The quantitative estimate of drug-likeness (QED) is 0.415. The van der Waals surface area contributed by atoms with Crippen LogP contribution in [0.2, 0.25) is 0 Å². The third-order valence-corrected chi connectivity index (χ3v) is 4.01. The Hall–Kier alpha value is -0.440. The lowest BCUT2D eigenvalue weighted by Crippen LogP contribution is -2.31. The van der Waals surface area contributed by atoms with Crippen LogP contribution in [0.4, 0.5) is 0 Å². The molecule has 0 spiro atoms. The first-order valence-corrected chi connectivity index (χ1v) is 8.74. The van der Waals surface area contributed by atoms with Crippen molar-refractivity contribution in [2.75, 3.05) is 13.2 Å². The molecule has 1 aliphatic rings. The zero-order chi connectivity index (χ0) is 19.6. The Morgan fingerprint density at radius 1 is 0.833 bits per heavy atom. The standard InChI is InChI=1S/C8H16O2.2C4H8O2S/c9-6-8(7-10)4-2-1-3-5-8;2*1-4(2,7)3(5)6/h9-10H,1-7H2;2*7H,1-2H3,(H,5,6). The average molecular weight is 385 g/mol. The molecule has 0 radical (unpaired) electrons. The second-order valence-corrected chi connectivity index (χ2v) is 9.34. The van der Waals surface area contributed by atoms with Gasteiger partial charge in [-0.05, 0) is 40.5 Å². The fourth-order valence-electron chi connectivity index (χ4n) is 1.67. The smallest absolute Gasteiger partial charge is 0.318 e. The maximum Gasteiger partial charge on any atom is 0.318 e. The van der Waals surface area contributed by atoms with E-state index in [2.05, 4.69) is 25.3 Å². The van der Waals surface area contributed by atoms with Crippen LogP contribution >= 0.6 is 25.3 Å². The van der Waals surface area contributed by atoms with Gasteiger partial charge in [-0.1, -0.05) is 19.3 Å². The van der Waals surface area contributed by atoms with E-state index in [1.165, 1.54) is 47.0 Å². The minimum absolute atomic E-state index is 0.127. The van der Waals surface area contributed by atoms with Crippen molar-refractivity contribution >= 4 is 37.2 Å². The molecule has 0 aromatic carbocycles. The van der Waals surface area contributed by atoms with Gasteiger partial charge in [0.15, 0.2) is 0 Å². The molecule has 0 bridgehead atoms. The van der Waals surface area contributed by atoms with Gasteiger partial charge in [-0.25, -0.2) is 0 Å². The molecule has 144 valence electrons. The van der Waals surface area contributed by atoms with Crippen molar-refractivity contribution in [1.29, 1.82) is 0 Å². The Balaban J connectivity index is 0. The number of hydrogen-bond donors (Lipinski definition) is 6. The van der Waals surface area contributed by atoms with Crippen LogP contribution in [0.25, 0.3) is 0 Å². The molecular weight excluding hydrogens is 352 g/mol. The molecule has 1 saturated carbocycles. The number of aliphatic hydroxyl groups is 2. The van der Waals surface area contributed by atoms with Crippen LogP contribution in [-0.2, 0) is 9.59 Å². The molecule has 1 rings (SSSR count). The van der Waals surface area contributed by atoms with Crippen molar-refractivity contribution in [2.24, 2.45) is 5.41 Å². The third kappa shape index (κ3) is 12.0. The van der Waals surface area contributed by atoms with Crippen LogP contribution in [-0.4, -0.2) is 55.1 Å². The van der Waals surface area contributed by atoms with Crippen LogP contribution in [0.1, 0.15) is 59.8 Å². The largest absolute Gasteiger partial charge is 0.480 e. The summed E-state index contributed by atoms with van der Waals surface area (Å²) in [5.74, 6) is -1.79. The van der Waals surface area contributed by atoms with Gasteiger partial charge in [-0.3, -0.25) is 9.59 Å². The van der Waals surface area contributed by atoms with E-state index in [1.54, 1.807) is 0 Å². The van der Waals surface area contributed by atoms with E-state index in [0.29, 0.717) is 0 Å². The SMILES string of the molecule is CC(C)(S)C(=O)O.CC(C)(S)C(=O)O.OCC1(CO)CCCCC1. The number of carbonyl (C=O) groups is 2. The van der Waals surface area contributed by atoms with Gasteiger partial charge in [0.05, 0.1) is 13.2 Å². The summed E-state index contributed by atoms with van der Waals surface area (Å²) in [6.45, 7) is 6.42. The van der Waals surface area contributed by atoms with E-state index in [0.717, 1.165) is 12.8 Å². The molecule has 4 N–H and O–H groups in total. The second-order valence-electron chi connectivity index (χ2n) is 7.11. The van der Waals surface area contributed by atoms with Crippen LogP contribution in [0.3, 0.4) is 0 Å². The van der Waals surface area contributed by atoms with Crippen LogP contribution in [0.5, 0.6) is 0 Å². The summed E-state index contributed by atoms with van der Waals surface area (Å²) in [5, 5.41) is 34.3. The zero-order valence-electron chi connectivity index (χ0n) is 14.9. The van der Waals surface area contributed by atoms with Gasteiger partial charge in [-0.2, -0.15) is 25.3 Å². The van der Waals surface area contributed by atoms with Gasteiger partial charge in [0.25, 0.3) is 0 Å². The van der Waals surface area contributed by atoms with Crippen LogP contribution in [0, 0.1) is 5.41 Å². The van der Waals surface area contributed by atoms with E-state index < -0.39 is 21.4 Å². The molecule has 0 saturated heterocycles. The summed E-state index contributed by atoms with van der Waals surface area (Å²) in [4.78, 5) is 19.9. The van der Waals surface area contributed by atoms with Crippen molar-refractivity contribution in [3.8, 4) is 0 Å². The Bertz CT molecular complexity index is 349. The number of aliphatic carboxylic acids is 2. The first kappa shape index (κ1) is 25.8. The van der Waals surface area contributed by atoms with E-state index in [4.69, 9.17) is 20.4 Å². The summed E-state index contributed by atoms with van der Waals surface area (Å²) in [6.07, 6.45) is 5.60. The van der Waals surface area contributed by atoms with Gasteiger partial charge in [0.2, 0.25) is 0 Å².